The molecule has 0 fully saturated rings. The van der Waals surface area contributed by atoms with E-state index in [1.165, 1.54) is 6.20 Å². The predicted octanol–water partition coefficient (Wildman–Crippen LogP) is 1.81. The molecule has 0 radical (unpaired) electrons. The zero-order valence-electron chi connectivity index (χ0n) is 8.14. The normalized spacial score (nSPS) is 11.0. The molecular weight excluding hydrogens is 206 g/mol. The molecule has 5 heteroatoms. The Bertz CT molecular complexity index is 703. The first-order valence-corrected chi connectivity index (χ1v) is 4.71. The zero-order valence-corrected chi connectivity index (χ0v) is 8.14. The maximum atomic E-state index is 11.1. The first kappa shape index (κ1) is 8.84. The van der Waals surface area contributed by atoms with Crippen LogP contribution in [-0.4, -0.2) is 26.0 Å². The highest BCUT2D eigenvalue weighted by molar-refractivity contribution is 6.13. The third-order valence-corrected chi connectivity index (χ3v) is 2.50. The van der Waals surface area contributed by atoms with E-state index < -0.39 is 5.97 Å². The maximum absolute atomic E-state index is 11.1. The Morgan fingerprint density at radius 3 is 3.06 bits per heavy atom. The van der Waals surface area contributed by atoms with Crippen LogP contribution in [0.1, 0.15) is 10.4 Å². The van der Waals surface area contributed by atoms with E-state index >= 15 is 0 Å². The highest BCUT2D eigenvalue weighted by atomic mass is 16.4. The molecule has 0 bridgehead atoms. The number of hydrogen-bond acceptors (Lipinski definition) is 3. The summed E-state index contributed by atoms with van der Waals surface area (Å²) < 4.78 is 0. The molecule has 0 atom stereocenters. The Labute approximate surface area is 89.8 Å². The van der Waals surface area contributed by atoms with Gasteiger partial charge in [0.25, 0.3) is 0 Å². The van der Waals surface area contributed by atoms with Crippen LogP contribution in [0, 0.1) is 0 Å². The number of H-pyrrole nitrogens is 1. The standard InChI is InChI=1S/C11H7N3O2/c15-11(16)6-4-13-8-5-14-7-2-1-3-12-10(7)9(6)8/h1-5,13H,(H,15,16). The van der Waals surface area contributed by atoms with Crippen molar-refractivity contribution >= 4 is 27.9 Å². The summed E-state index contributed by atoms with van der Waals surface area (Å²) in [6, 6.07) is 3.58. The van der Waals surface area contributed by atoms with Gasteiger partial charge in [-0.1, -0.05) is 0 Å². The van der Waals surface area contributed by atoms with Crippen molar-refractivity contribution in [1.29, 1.82) is 0 Å². The van der Waals surface area contributed by atoms with Gasteiger partial charge in [0.05, 0.1) is 28.3 Å². The predicted molar refractivity (Wildman–Crippen MR) is 58.4 cm³/mol. The first-order chi connectivity index (χ1) is 7.77. The van der Waals surface area contributed by atoms with Crippen LogP contribution in [0.4, 0.5) is 0 Å². The van der Waals surface area contributed by atoms with E-state index in [0.717, 1.165) is 0 Å². The molecule has 3 rings (SSSR count). The molecule has 0 amide bonds. The summed E-state index contributed by atoms with van der Waals surface area (Å²) in [5.41, 5.74) is 2.21. The summed E-state index contributed by atoms with van der Waals surface area (Å²) in [7, 11) is 0. The van der Waals surface area contributed by atoms with Gasteiger partial charge in [-0.25, -0.2) is 4.79 Å². The Morgan fingerprint density at radius 2 is 2.25 bits per heavy atom. The SMILES string of the molecule is O=C(O)c1c[nH]c2cnc3cccnc3c12. The molecule has 3 aromatic rings. The number of carboxylic acid groups (broad SMARTS) is 1. The second-order valence-electron chi connectivity index (χ2n) is 3.43. The number of carboxylic acids is 1. The van der Waals surface area contributed by atoms with Crippen LogP contribution in [0.15, 0.2) is 30.7 Å². The monoisotopic (exact) mass is 213 g/mol. The van der Waals surface area contributed by atoms with E-state index in [9.17, 15) is 4.79 Å². The van der Waals surface area contributed by atoms with Gasteiger partial charge >= 0.3 is 5.97 Å². The third kappa shape index (κ3) is 1.08. The number of rotatable bonds is 1. The minimum Gasteiger partial charge on any atom is -0.478 e. The summed E-state index contributed by atoms with van der Waals surface area (Å²) in [5, 5.41) is 9.67. The highest BCUT2D eigenvalue weighted by Gasteiger charge is 2.14. The minimum atomic E-state index is -0.968. The van der Waals surface area contributed by atoms with E-state index in [1.807, 2.05) is 0 Å². The van der Waals surface area contributed by atoms with Gasteiger partial charge in [0.2, 0.25) is 0 Å². The number of aromatic nitrogens is 3. The van der Waals surface area contributed by atoms with Crippen molar-refractivity contribution in [1.82, 2.24) is 15.0 Å². The molecule has 0 saturated heterocycles. The fraction of sp³-hybridized carbons (Fsp3) is 0. The van der Waals surface area contributed by atoms with Crippen LogP contribution >= 0.6 is 0 Å². The molecule has 78 valence electrons. The van der Waals surface area contributed by atoms with Crippen molar-refractivity contribution in [2.45, 2.75) is 0 Å². The molecule has 3 aromatic heterocycles. The molecule has 0 aliphatic rings. The van der Waals surface area contributed by atoms with Gasteiger partial charge < -0.3 is 10.1 Å². The Kier molecular flexibility index (Phi) is 1.67. The van der Waals surface area contributed by atoms with Crippen LogP contribution in [0.5, 0.6) is 0 Å². The summed E-state index contributed by atoms with van der Waals surface area (Å²) in [6.45, 7) is 0. The molecule has 5 nitrogen and oxygen atoms in total. The summed E-state index contributed by atoms with van der Waals surface area (Å²) in [5.74, 6) is -0.968. The number of nitrogens with one attached hydrogen (secondary N) is 1. The molecule has 0 spiro atoms. The Hall–Kier alpha value is -2.43. The maximum Gasteiger partial charge on any atom is 0.337 e. The van der Waals surface area contributed by atoms with Crippen molar-refractivity contribution in [3.63, 3.8) is 0 Å². The molecule has 2 N–H and O–H groups in total. The van der Waals surface area contributed by atoms with Gasteiger partial charge in [-0.05, 0) is 12.1 Å². The lowest BCUT2D eigenvalue weighted by molar-refractivity contribution is 0.0699. The largest absolute Gasteiger partial charge is 0.478 e. The van der Waals surface area contributed by atoms with Crippen molar-refractivity contribution in [2.75, 3.05) is 0 Å². The van der Waals surface area contributed by atoms with Gasteiger partial charge in [-0.2, -0.15) is 0 Å². The first-order valence-electron chi connectivity index (χ1n) is 4.71. The zero-order chi connectivity index (χ0) is 11.1. The van der Waals surface area contributed by atoms with Gasteiger partial charge in [0, 0.05) is 17.8 Å². The Morgan fingerprint density at radius 1 is 1.38 bits per heavy atom. The van der Waals surface area contributed by atoms with Crippen LogP contribution in [0.25, 0.3) is 21.9 Å². The Balaban J connectivity index is 2.56. The number of pyridine rings is 2. The second-order valence-corrected chi connectivity index (χ2v) is 3.43. The fourth-order valence-corrected chi connectivity index (χ4v) is 1.79. The fourth-order valence-electron chi connectivity index (χ4n) is 1.79. The minimum absolute atomic E-state index is 0.223. The molecule has 3 heterocycles. The van der Waals surface area contributed by atoms with Crippen LogP contribution in [0.3, 0.4) is 0 Å². The van der Waals surface area contributed by atoms with E-state index in [0.29, 0.717) is 21.9 Å². The lowest BCUT2D eigenvalue weighted by Crippen LogP contribution is -1.95. The van der Waals surface area contributed by atoms with E-state index in [-0.39, 0.29) is 5.56 Å². The molecule has 0 aliphatic heterocycles. The van der Waals surface area contributed by atoms with E-state index in [2.05, 4.69) is 15.0 Å². The molecule has 0 aromatic carbocycles. The lowest BCUT2D eigenvalue weighted by atomic mass is 10.1. The average Bonchev–Trinajstić information content (AvgIpc) is 2.73. The number of carbonyl (C=O) groups is 1. The molecule has 0 unspecified atom stereocenters. The van der Waals surface area contributed by atoms with Crippen molar-refractivity contribution in [3.05, 3.63) is 36.3 Å². The van der Waals surface area contributed by atoms with Crippen LogP contribution < -0.4 is 0 Å². The van der Waals surface area contributed by atoms with Gasteiger partial charge in [0.1, 0.15) is 0 Å². The van der Waals surface area contributed by atoms with Crippen LogP contribution in [0.2, 0.25) is 0 Å². The number of aromatic carboxylic acids is 1. The topological polar surface area (TPSA) is 78.9 Å². The molecule has 0 saturated carbocycles. The molecule has 16 heavy (non-hydrogen) atoms. The van der Waals surface area contributed by atoms with E-state index in [1.54, 1.807) is 24.5 Å². The number of hydrogen-bond donors (Lipinski definition) is 2. The second kappa shape index (κ2) is 3.03. The summed E-state index contributed by atoms with van der Waals surface area (Å²) in [4.78, 5) is 22.3. The van der Waals surface area contributed by atoms with Crippen molar-refractivity contribution in [2.24, 2.45) is 0 Å². The van der Waals surface area contributed by atoms with Gasteiger partial charge in [-0.3, -0.25) is 9.97 Å². The number of aromatic amines is 1. The summed E-state index contributed by atoms with van der Waals surface area (Å²) >= 11 is 0. The molecular formula is C11H7N3O2. The third-order valence-electron chi connectivity index (χ3n) is 2.50. The van der Waals surface area contributed by atoms with E-state index in [4.69, 9.17) is 5.11 Å². The van der Waals surface area contributed by atoms with Crippen LogP contribution in [-0.2, 0) is 0 Å². The van der Waals surface area contributed by atoms with Crippen molar-refractivity contribution in [3.8, 4) is 0 Å². The van der Waals surface area contributed by atoms with Gasteiger partial charge in [0.15, 0.2) is 0 Å². The number of nitrogens with zero attached hydrogens (tertiary/aromatic N) is 2. The van der Waals surface area contributed by atoms with Gasteiger partial charge in [-0.15, -0.1) is 0 Å². The quantitative estimate of drug-likeness (QED) is 0.646. The van der Waals surface area contributed by atoms with Crippen molar-refractivity contribution < 1.29 is 9.90 Å². The average molecular weight is 213 g/mol. The molecule has 0 aliphatic carbocycles. The smallest absolute Gasteiger partial charge is 0.337 e. The summed E-state index contributed by atoms with van der Waals surface area (Å²) in [6.07, 6.45) is 4.71. The lowest BCUT2D eigenvalue weighted by Gasteiger charge is -1.98. The highest BCUT2D eigenvalue weighted by Crippen LogP contribution is 2.24. The number of fused-ring (bicyclic) bond motifs is 3.